The molecule has 0 aromatic heterocycles. The Morgan fingerprint density at radius 1 is 1.30 bits per heavy atom. The van der Waals surface area contributed by atoms with Crippen LogP contribution in [0.2, 0.25) is 5.02 Å². The molecule has 0 fully saturated rings. The Kier molecular flexibility index (Phi) is 6.27. The summed E-state index contributed by atoms with van der Waals surface area (Å²) in [5.41, 5.74) is 3.34. The van der Waals surface area contributed by atoms with Gasteiger partial charge in [0.15, 0.2) is 11.5 Å². The summed E-state index contributed by atoms with van der Waals surface area (Å²) >= 11 is 9.65. The van der Waals surface area contributed by atoms with Gasteiger partial charge in [-0.05, 0) is 36.8 Å². The van der Waals surface area contributed by atoms with Crippen LogP contribution < -0.4 is 20.7 Å². The fourth-order valence-electron chi connectivity index (χ4n) is 1.97. The number of nitrogen functional groups attached to an aromatic ring is 1. The van der Waals surface area contributed by atoms with Gasteiger partial charge in [-0.1, -0.05) is 39.7 Å². The van der Waals surface area contributed by atoms with Crippen molar-refractivity contribution in [1.82, 2.24) is 5.43 Å². The van der Waals surface area contributed by atoms with Gasteiger partial charge in [0.2, 0.25) is 0 Å². The summed E-state index contributed by atoms with van der Waals surface area (Å²) in [6.07, 6.45) is 0. The molecule has 2 aromatic carbocycles. The Labute approximate surface area is 147 Å². The molecular weight excluding hydrogens is 384 g/mol. The van der Waals surface area contributed by atoms with Crippen LogP contribution in [0.25, 0.3) is 0 Å². The normalized spacial score (nSPS) is 10.3. The average molecular weight is 400 g/mol. The molecule has 0 radical (unpaired) electrons. The van der Waals surface area contributed by atoms with Crippen molar-refractivity contribution in [2.24, 2.45) is 5.84 Å². The molecule has 5 nitrogen and oxygen atoms in total. The monoisotopic (exact) mass is 398 g/mol. The maximum atomic E-state index is 11.7. The zero-order chi connectivity index (χ0) is 16.8. The SMILES string of the molecule is CCOc1cc(C(=O)NN)cc(Cl)c1OCc1cccc(Br)c1. The van der Waals surface area contributed by atoms with E-state index in [2.05, 4.69) is 21.4 Å². The second-order valence-electron chi connectivity index (χ2n) is 4.61. The lowest BCUT2D eigenvalue weighted by Gasteiger charge is -2.15. The van der Waals surface area contributed by atoms with Crippen LogP contribution in [0.5, 0.6) is 11.5 Å². The number of nitrogens with one attached hydrogen (secondary N) is 1. The first-order chi connectivity index (χ1) is 11.0. The highest BCUT2D eigenvalue weighted by molar-refractivity contribution is 9.10. The molecule has 122 valence electrons. The molecule has 3 N–H and O–H groups in total. The highest BCUT2D eigenvalue weighted by Crippen LogP contribution is 2.37. The smallest absolute Gasteiger partial charge is 0.265 e. The molecule has 23 heavy (non-hydrogen) atoms. The van der Waals surface area contributed by atoms with E-state index in [0.717, 1.165) is 10.0 Å². The molecule has 0 aliphatic heterocycles. The summed E-state index contributed by atoms with van der Waals surface area (Å²) in [6.45, 7) is 2.57. The lowest BCUT2D eigenvalue weighted by molar-refractivity contribution is 0.0953. The van der Waals surface area contributed by atoms with Crippen LogP contribution in [0.4, 0.5) is 0 Å². The van der Waals surface area contributed by atoms with E-state index in [1.807, 2.05) is 31.2 Å². The molecule has 0 atom stereocenters. The van der Waals surface area contributed by atoms with Gasteiger partial charge in [0.1, 0.15) is 6.61 Å². The molecule has 0 bridgehead atoms. The zero-order valence-electron chi connectivity index (χ0n) is 12.4. The third-order valence-electron chi connectivity index (χ3n) is 2.97. The molecule has 0 spiro atoms. The van der Waals surface area contributed by atoms with Crippen molar-refractivity contribution >= 4 is 33.4 Å². The van der Waals surface area contributed by atoms with Gasteiger partial charge in [-0.15, -0.1) is 0 Å². The Bertz CT molecular complexity index is 710. The van der Waals surface area contributed by atoms with Crippen molar-refractivity contribution < 1.29 is 14.3 Å². The molecular formula is C16H16BrClN2O3. The van der Waals surface area contributed by atoms with E-state index in [1.165, 1.54) is 6.07 Å². The quantitative estimate of drug-likeness (QED) is 0.441. The van der Waals surface area contributed by atoms with Gasteiger partial charge in [0.05, 0.1) is 11.6 Å². The number of carbonyl (C=O) groups is 1. The number of carbonyl (C=O) groups excluding carboxylic acids is 1. The summed E-state index contributed by atoms with van der Waals surface area (Å²) < 4.78 is 12.3. The number of nitrogens with two attached hydrogens (primary N) is 1. The maximum absolute atomic E-state index is 11.7. The molecule has 0 heterocycles. The van der Waals surface area contributed by atoms with Gasteiger partial charge in [0, 0.05) is 10.0 Å². The molecule has 0 saturated carbocycles. The highest BCUT2D eigenvalue weighted by Gasteiger charge is 2.16. The van der Waals surface area contributed by atoms with Gasteiger partial charge in [-0.2, -0.15) is 0 Å². The van der Waals surface area contributed by atoms with Crippen molar-refractivity contribution in [3.05, 3.63) is 57.0 Å². The first-order valence-corrected chi connectivity index (χ1v) is 8.06. The first kappa shape index (κ1) is 17.6. The second kappa shape index (κ2) is 8.19. The van der Waals surface area contributed by atoms with E-state index < -0.39 is 5.91 Å². The highest BCUT2D eigenvalue weighted by atomic mass is 79.9. The molecule has 0 aliphatic carbocycles. The van der Waals surface area contributed by atoms with Crippen molar-refractivity contribution in [3.8, 4) is 11.5 Å². The van der Waals surface area contributed by atoms with Crippen molar-refractivity contribution in [2.45, 2.75) is 13.5 Å². The standard InChI is InChI=1S/C16H16BrClN2O3/c1-2-22-14-8-11(16(21)20-19)7-13(18)15(14)23-9-10-4-3-5-12(17)6-10/h3-8H,2,9,19H2,1H3,(H,20,21). The van der Waals surface area contributed by atoms with Crippen molar-refractivity contribution in [2.75, 3.05) is 6.61 Å². The van der Waals surface area contributed by atoms with Gasteiger partial charge in [-0.3, -0.25) is 10.2 Å². The lowest BCUT2D eigenvalue weighted by atomic mass is 10.2. The number of rotatable bonds is 6. The third kappa shape index (κ3) is 4.60. The van der Waals surface area contributed by atoms with Gasteiger partial charge < -0.3 is 9.47 Å². The Morgan fingerprint density at radius 2 is 2.09 bits per heavy atom. The predicted molar refractivity (Wildman–Crippen MR) is 92.7 cm³/mol. The summed E-state index contributed by atoms with van der Waals surface area (Å²) in [5, 5.41) is 0.282. The molecule has 2 aromatic rings. The minimum absolute atomic E-state index is 0.282. The fourth-order valence-corrected chi connectivity index (χ4v) is 2.68. The molecule has 1 amide bonds. The minimum atomic E-state index is -0.452. The molecule has 0 aliphatic rings. The zero-order valence-corrected chi connectivity index (χ0v) is 14.8. The summed E-state index contributed by atoms with van der Waals surface area (Å²) in [5.74, 6) is 5.48. The Hall–Kier alpha value is -1.76. The Morgan fingerprint density at radius 3 is 2.74 bits per heavy atom. The van der Waals surface area contributed by atoms with E-state index in [1.54, 1.807) is 6.07 Å². The van der Waals surface area contributed by atoms with Crippen LogP contribution in [0, 0.1) is 0 Å². The number of hydrazine groups is 1. The lowest BCUT2D eigenvalue weighted by Crippen LogP contribution is -2.30. The van der Waals surface area contributed by atoms with Gasteiger partial charge >= 0.3 is 0 Å². The maximum Gasteiger partial charge on any atom is 0.265 e. The van der Waals surface area contributed by atoms with E-state index in [9.17, 15) is 4.79 Å². The average Bonchev–Trinajstić information content (AvgIpc) is 2.53. The van der Waals surface area contributed by atoms with Gasteiger partial charge in [0.25, 0.3) is 5.91 Å². The summed E-state index contributed by atoms with van der Waals surface area (Å²) in [4.78, 5) is 11.7. The Balaban J connectivity index is 2.27. The summed E-state index contributed by atoms with van der Waals surface area (Å²) in [7, 11) is 0. The van der Waals surface area contributed by atoms with E-state index in [0.29, 0.717) is 30.3 Å². The van der Waals surface area contributed by atoms with Crippen LogP contribution in [0.15, 0.2) is 40.9 Å². The fraction of sp³-hybridized carbons (Fsp3) is 0.188. The third-order valence-corrected chi connectivity index (χ3v) is 3.75. The molecule has 0 saturated heterocycles. The number of benzene rings is 2. The second-order valence-corrected chi connectivity index (χ2v) is 5.93. The van der Waals surface area contributed by atoms with Crippen LogP contribution in [0.1, 0.15) is 22.8 Å². The van der Waals surface area contributed by atoms with E-state index in [4.69, 9.17) is 26.9 Å². The van der Waals surface area contributed by atoms with Crippen LogP contribution >= 0.6 is 27.5 Å². The van der Waals surface area contributed by atoms with Gasteiger partial charge in [-0.25, -0.2) is 5.84 Å². The molecule has 7 heteroatoms. The van der Waals surface area contributed by atoms with Crippen molar-refractivity contribution in [3.63, 3.8) is 0 Å². The summed E-state index contributed by atoms with van der Waals surface area (Å²) in [6, 6.07) is 10.8. The number of hydrogen-bond acceptors (Lipinski definition) is 4. The number of hydrogen-bond donors (Lipinski definition) is 2. The van der Waals surface area contributed by atoms with Crippen LogP contribution in [0.3, 0.4) is 0 Å². The molecule has 0 unspecified atom stereocenters. The molecule has 2 rings (SSSR count). The van der Waals surface area contributed by atoms with Crippen molar-refractivity contribution in [1.29, 1.82) is 0 Å². The predicted octanol–water partition coefficient (Wildman–Crippen LogP) is 3.68. The first-order valence-electron chi connectivity index (χ1n) is 6.89. The van der Waals surface area contributed by atoms with E-state index in [-0.39, 0.29) is 5.02 Å². The largest absolute Gasteiger partial charge is 0.490 e. The van der Waals surface area contributed by atoms with Crippen LogP contribution in [-0.2, 0) is 6.61 Å². The number of halogens is 2. The number of amides is 1. The van der Waals surface area contributed by atoms with E-state index >= 15 is 0 Å². The minimum Gasteiger partial charge on any atom is -0.490 e. The van der Waals surface area contributed by atoms with Crippen LogP contribution in [-0.4, -0.2) is 12.5 Å². The number of ether oxygens (including phenoxy) is 2. The topological polar surface area (TPSA) is 73.6 Å².